The fourth-order valence-electron chi connectivity index (χ4n) is 1.74. The highest BCUT2D eigenvalue weighted by Crippen LogP contribution is 2.10. The summed E-state index contributed by atoms with van der Waals surface area (Å²) in [5.74, 6) is -0.331. The predicted molar refractivity (Wildman–Crippen MR) is 67.3 cm³/mol. The SMILES string of the molecule is CNCc1nn(-c2cccc(F)c2)c(C)cc1=O. The van der Waals surface area contributed by atoms with E-state index in [2.05, 4.69) is 10.4 Å². The third kappa shape index (κ3) is 2.46. The minimum absolute atomic E-state index is 0.116. The van der Waals surface area contributed by atoms with E-state index in [1.165, 1.54) is 18.2 Å². The molecule has 0 saturated carbocycles. The lowest BCUT2D eigenvalue weighted by molar-refractivity contribution is 0.623. The summed E-state index contributed by atoms with van der Waals surface area (Å²) >= 11 is 0. The van der Waals surface area contributed by atoms with Crippen molar-refractivity contribution in [1.82, 2.24) is 15.1 Å². The lowest BCUT2D eigenvalue weighted by atomic mass is 10.2. The summed E-state index contributed by atoms with van der Waals surface area (Å²) < 4.78 is 14.8. The number of halogens is 1. The lowest BCUT2D eigenvalue weighted by Crippen LogP contribution is -2.22. The molecule has 0 bridgehead atoms. The molecule has 94 valence electrons. The van der Waals surface area contributed by atoms with Gasteiger partial charge in [0.05, 0.1) is 5.69 Å². The van der Waals surface area contributed by atoms with Crippen LogP contribution < -0.4 is 10.7 Å². The summed E-state index contributed by atoms with van der Waals surface area (Å²) in [4.78, 5) is 11.7. The van der Waals surface area contributed by atoms with Crippen LogP contribution in [0.5, 0.6) is 0 Å². The van der Waals surface area contributed by atoms with E-state index in [-0.39, 0.29) is 11.2 Å². The van der Waals surface area contributed by atoms with E-state index in [1.54, 1.807) is 30.8 Å². The van der Waals surface area contributed by atoms with Gasteiger partial charge in [-0.05, 0) is 32.2 Å². The molecule has 0 aliphatic rings. The van der Waals surface area contributed by atoms with Gasteiger partial charge in [0.1, 0.15) is 11.5 Å². The highest BCUT2D eigenvalue weighted by atomic mass is 19.1. The second-order valence-electron chi connectivity index (χ2n) is 4.02. The third-order valence-corrected chi connectivity index (χ3v) is 2.58. The summed E-state index contributed by atoms with van der Waals surface area (Å²) in [5, 5.41) is 7.13. The Bertz CT molecular complexity index is 622. The Balaban J connectivity index is 2.57. The average Bonchev–Trinajstić information content (AvgIpc) is 2.33. The van der Waals surface area contributed by atoms with Crippen molar-refractivity contribution in [2.45, 2.75) is 13.5 Å². The molecule has 0 aliphatic heterocycles. The Labute approximate surface area is 104 Å². The van der Waals surface area contributed by atoms with Crippen LogP contribution in [0.2, 0.25) is 0 Å². The first-order valence-electron chi connectivity index (χ1n) is 5.62. The highest BCUT2D eigenvalue weighted by Gasteiger charge is 2.07. The van der Waals surface area contributed by atoms with Crippen LogP contribution in [0.1, 0.15) is 11.4 Å². The van der Waals surface area contributed by atoms with Gasteiger partial charge >= 0.3 is 0 Å². The molecule has 0 fully saturated rings. The molecule has 18 heavy (non-hydrogen) atoms. The Morgan fingerprint density at radius 3 is 2.83 bits per heavy atom. The first-order chi connectivity index (χ1) is 8.61. The molecule has 0 radical (unpaired) electrons. The smallest absolute Gasteiger partial charge is 0.204 e. The maximum Gasteiger partial charge on any atom is 0.204 e. The first kappa shape index (κ1) is 12.4. The van der Waals surface area contributed by atoms with Gasteiger partial charge in [0.15, 0.2) is 0 Å². The molecule has 1 N–H and O–H groups in total. The molecule has 0 saturated heterocycles. The van der Waals surface area contributed by atoms with Crippen molar-refractivity contribution in [3.8, 4) is 5.69 Å². The molecule has 0 spiro atoms. The summed E-state index contributed by atoms with van der Waals surface area (Å²) in [6.07, 6.45) is 0. The van der Waals surface area contributed by atoms with Crippen LogP contribution in [-0.4, -0.2) is 16.8 Å². The van der Waals surface area contributed by atoms with Gasteiger partial charge in [-0.15, -0.1) is 0 Å². The van der Waals surface area contributed by atoms with Crippen molar-refractivity contribution in [3.05, 3.63) is 57.8 Å². The third-order valence-electron chi connectivity index (χ3n) is 2.58. The maximum atomic E-state index is 13.2. The van der Waals surface area contributed by atoms with E-state index in [9.17, 15) is 9.18 Å². The Morgan fingerprint density at radius 2 is 2.17 bits per heavy atom. The number of benzene rings is 1. The average molecular weight is 247 g/mol. The number of aromatic nitrogens is 2. The quantitative estimate of drug-likeness (QED) is 0.891. The number of nitrogens with one attached hydrogen (secondary N) is 1. The van der Waals surface area contributed by atoms with Gasteiger partial charge in [-0.2, -0.15) is 5.10 Å². The molecule has 0 aliphatic carbocycles. The van der Waals surface area contributed by atoms with E-state index in [4.69, 9.17) is 0 Å². The van der Waals surface area contributed by atoms with Gasteiger partial charge < -0.3 is 5.32 Å². The van der Waals surface area contributed by atoms with Crippen LogP contribution in [0.25, 0.3) is 5.69 Å². The summed E-state index contributed by atoms with van der Waals surface area (Å²) in [6.45, 7) is 2.15. The molecule has 1 aromatic heterocycles. The minimum Gasteiger partial charge on any atom is -0.314 e. The fourth-order valence-corrected chi connectivity index (χ4v) is 1.74. The second-order valence-corrected chi connectivity index (χ2v) is 4.02. The van der Waals surface area contributed by atoms with Crippen LogP contribution >= 0.6 is 0 Å². The predicted octanol–water partition coefficient (Wildman–Crippen LogP) is 1.40. The zero-order chi connectivity index (χ0) is 13.1. The number of hydrogen-bond donors (Lipinski definition) is 1. The van der Waals surface area contributed by atoms with Gasteiger partial charge in [0.2, 0.25) is 5.43 Å². The minimum atomic E-state index is -0.331. The largest absolute Gasteiger partial charge is 0.314 e. The zero-order valence-electron chi connectivity index (χ0n) is 10.3. The van der Waals surface area contributed by atoms with Crippen molar-refractivity contribution in [3.63, 3.8) is 0 Å². The van der Waals surface area contributed by atoms with Gasteiger partial charge in [0, 0.05) is 18.3 Å². The number of rotatable bonds is 3. The van der Waals surface area contributed by atoms with Crippen LogP contribution in [0.3, 0.4) is 0 Å². The van der Waals surface area contributed by atoms with Gasteiger partial charge in [-0.1, -0.05) is 6.07 Å². The number of nitrogens with zero attached hydrogens (tertiary/aromatic N) is 2. The summed E-state index contributed by atoms with van der Waals surface area (Å²) in [7, 11) is 1.74. The number of aryl methyl sites for hydroxylation is 1. The van der Waals surface area contributed by atoms with Gasteiger partial charge in [0.25, 0.3) is 0 Å². The fraction of sp³-hybridized carbons (Fsp3) is 0.231. The Kier molecular flexibility index (Phi) is 3.53. The molecule has 5 heteroatoms. The van der Waals surface area contributed by atoms with E-state index < -0.39 is 0 Å². The molecule has 0 unspecified atom stereocenters. The van der Waals surface area contributed by atoms with E-state index in [0.29, 0.717) is 23.6 Å². The molecular formula is C13H14FN3O. The van der Waals surface area contributed by atoms with Crippen LogP contribution in [0.15, 0.2) is 35.1 Å². The van der Waals surface area contributed by atoms with Gasteiger partial charge in [-0.25, -0.2) is 9.07 Å². The molecule has 2 rings (SSSR count). The Morgan fingerprint density at radius 1 is 1.39 bits per heavy atom. The van der Waals surface area contributed by atoms with Crippen molar-refractivity contribution < 1.29 is 4.39 Å². The maximum absolute atomic E-state index is 13.2. The highest BCUT2D eigenvalue weighted by molar-refractivity contribution is 5.33. The van der Waals surface area contributed by atoms with Crippen molar-refractivity contribution in [2.75, 3.05) is 7.05 Å². The molecule has 0 amide bonds. The summed E-state index contributed by atoms with van der Waals surface area (Å²) in [5.41, 5.74) is 1.57. The number of hydrogen-bond acceptors (Lipinski definition) is 3. The van der Waals surface area contributed by atoms with E-state index in [1.807, 2.05) is 0 Å². The molecule has 1 aromatic carbocycles. The van der Waals surface area contributed by atoms with Crippen LogP contribution in [-0.2, 0) is 6.54 Å². The lowest BCUT2D eigenvalue weighted by Gasteiger charge is -2.11. The summed E-state index contributed by atoms with van der Waals surface area (Å²) in [6, 6.07) is 7.62. The van der Waals surface area contributed by atoms with Crippen molar-refractivity contribution in [1.29, 1.82) is 0 Å². The normalized spacial score (nSPS) is 10.6. The second kappa shape index (κ2) is 5.10. The zero-order valence-corrected chi connectivity index (χ0v) is 10.3. The van der Waals surface area contributed by atoms with Crippen LogP contribution in [0.4, 0.5) is 4.39 Å². The van der Waals surface area contributed by atoms with Crippen molar-refractivity contribution in [2.24, 2.45) is 0 Å². The van der Waals surface area contributed by atoms with E-state index >= 15 is 0 Å². The monoisotopic (exact) mass is 247 g/mol. The molecule has 4 nitrogen and oxygen atoms in total. The molecule has 2 aromatic rings. The van der Waals surface area contributed by atoms with E-state index in [0.717, 1.165) is 0 Å². The first-order valence-corrected chi connectivity index (χ1v) is 5.62. The standard InChI is InChI=1S/C13H14FN3O/c1-9-6-13(18)12(8-15-2)16-17(9)11-5-3-4-10(14)7-11/h3-7,15H,8H2,1-2H3. The Hall–Kier alpha value is -2.01. The molecule has 1 heterocycles. The molecule has 0 atom stereocenters. The topological polar surface area (TPSA) is 46.9 Å². The molecular weight excluding hydrogens is 233 g/mol. The van der Waals surface area contributed by atoms with Crippen molar-refractivity contribution >= 4 is 0 Å². The van der Waals surface area contributed by atoms with Gasteiger partial charge in [-0.3, -0.25) is 4.79 Å². The van der Waals surface area contributed by atoms with Crippen LogP contribution in [0, 0.1) is 12.7 Å².